The van der Waals surface area contributed by atoms with Gasteiger partial charge in [-0.1, -0.05) is 59.3 Å². The Morgan fingerprint density at radius 1 is 1.06 bits per heavy atom. The van der Waals surface area contributed by atoms with Crippen LogP contribution in [0.1, 0.15) is 22.5 Å². The Hall–Kier alpha value is -3.49. The Morgan fingerprint density at radius 2 is 1.86 bits per heavy atom. The minimum absolute atomic E-state index is 0.186. The zero-order valence-electron chi connectivity index (χ0n) is 19.7. The summed E-state index contributed by atoms with van der Waals surface area (Å²) in [7, 11) is 1.60. The van der Waals surface area contributed by atoms with Crippen LogP contribution in [0.4, 0.5) is 10.5 Å². The molecule has 1 heterocycles. The van der Waals surface area contributed by atoms with Crippen LogP contribution in [-0.2, 0) is 12.3 Å². The summed E-state index contributed by atoms with van der Waals surface area (Å²) in [6.45, 7) is 4.27. The molecule has 0 saturated heterocycles. The van der Waals surface area contributed by atoms with Crippen LogP contribution in [0, 0.1) is 13.8 Å². The van der Waals surface area contributed by atoms with Gasteiger partial charge in [0.1, 0.15) is 5.75 Å². The van der Waals surface area contributed by atoms with Crippen LogP contribution in [0.25, 0.3) is 5.69 Å². The number of methoxy groups -OCH3 is 1. The first-order chi connectivity index (χ1) is 16.9. The van der Waals surface area contributed by atoms with Crippen molar-refractivity contribution in [1.29, 1.82) is 0 Å². The highest BCUT2D eigenvalue weighted by molar-refractivity contribution is 7.98. The van der Waals surface area contributed by atoms with E-state index >= 15 is 0 Å². The summed E-state index contributed by atoms with van der Waals surface area (Å²) >= 11 is 7.90. The number of nitrogens with one attached hydrogen (secondary N) is 2. The second kappa shape index (κ2) is 11.3. The summed E-state index contributed by atoms with van der Waals surface area (Å²) in [5.41, 5.74) is 4.97. The highest BCUT2D eigenvalue weighted by Gasteiger charge is 2.17. The number of hydrogen-bond donors (Lipinski definition) is 2. The molecule has 9 heteroatoms. The molecule has 0 aliphatic carbocycles. The molecule has 0 saturated carbocycles. The number of rotatable bonds is 8. The van der Waals surface area contributed by atoms with Crippen LogP contribution in [0.5, 0.6) is 5.75 Å². The van der Waals surface area contributed by atoms with Crippen molar-refractivity contribution in [2.45, 2.75) is 31.3 Å². The van der Waals surface area contributed by atoms with Gasteiger partial charge in [0.15, 0.2) is 11.0 Å². The molecule has 4 aromatic rings. The maximum Gasteiger partial charge on any atom is 0.319 e. The molecule has 1 aromatic heterocycles. The maximum absolute atomic E-state index is 12.5. The summed E-state index contributed by atoms with van der Waals surface area (Å²) in [5, 5.41) is 15.8. The number of thioether (sulfide) groups is 1. The molecule has 3 aromatic carbocycles. The number of carbonyl (C=O) groups is 1. The predicted octanol–water partition coefficient (Wildman–Crippen LogP) is 6.16. The first-order valence-corrected chi connectivity index (χ1v) is 12.4. The highest BCUT2D eigenvalue weighted by Crippen LogP contribution is 2.28. The summed E-state index contributed by atoms with van der Waals surface area (Å²) < 4.78 is 7.10. The molecule has 0 radical (unpaired) electrons. The van der Waals surface area contributed by atoms with Crippen molar-refractivity contribution in [1.82, 2.24) is 20.1 Å². The Morgan fingerprint density at radius 3 is 2.60 bits per heavy atom. The minimum Gasteiger partial charge on any atom is -0.497 e. The third-order valence-electron chi connectivity index (χ3n) is 5.32. The van der Waals surface area contributed by atoms with Crippen LogP contribution < -0.4 is 15.4 Å². The van der Waals surface area contributed by atoms with Gasteiger partial charge in [-0.3, -0.25) is 4.57 Å². The Bertz CT molecular complexity index is 1320. The number of benzene rings is 3. The zero-order chi connectivity index (χ0) is 24.8. The van der Waals surface area contributed by atoms with Gasteiger partial charge in [0.2, 0.25) is 0 Å². The lowest BCUT2D eigenvalue weighted by molar-refractivity contribution is 0.251. The number of aromatic nitrogens is 3. The van der Waals surface area contributed by atoms with Crippen LogP contribution in [0.15, 0.2) is 71.9 Å². The molecule has 0 bridgehead atoms. The molecule has 4 rings (SSSR count). The molecule has 0 aliphatic heterocycles. The molecule has 7 nitrogen and oxygen atoms in total. The average molecular weight is 508 g/mol. The van der Waals surface area contributed by atoms with E-state index in [1.807, 2.05) is 35.8 Å². The molecular formula is C26H26ClN5O2S. The molecular weight excluding hydrogens is 482 g/mol. The van der Waals surface area contributed by atoms with Crippen molar-refractivity contribution in [3.63, 3.8) is 0 Å². The third kappa shape index (κ3) is 6.35. The normalized spacial score (nSPS) is 10.7. The zero-order valence-corrected chi connectivity index (χ0v) is 21.3. The van der Waals surface area contributed by atoms with E-state index in [0.717, 1.165) is 27.9 Å². The number of aryl methyl sites for hydroxylation is 2. The van der Waals surface area contributed by atoms with Gasteiger partial charge in [0.25, 0.3) is 0 Å². The molecule has 0 unspecified atom stereocenters. The summed E-state index contributed by atoms with van der Waals surface area (Å²) in [6.07, 6.45) is 0. The van der Waals surface area contributed by atoms with Gasteiger partial charge in [0, 0.05) is 16.5 Å². The van der Waals surface area contributed by atoms with Gasteiger partial charge in [-0.2, -0.15) is 0 Å². The van der Waals surface area contributed by atoms with E-state index in [1.165, 1.54) is 11.1 Å². The van der Waals surface area contributed by atoms with Crippen LogP contribution in [0.3, 0.4) is 0 Å². The molecule has 0 atom stereocenters. The van der Waals surface area contributed by atoms with E-state index in [0.29, 0.717) is 16.5 Å². The number of nitrogens with zero attached hydrogens (tertiary/aromatic N) is 3. The van der Waals surface area contributed by atoms with Crippen molar-refractivity contribution in [2.24, 2.45) is 0 Å². The number of hydrogen-bond acceptors (Lipinski definition) is 5. The fourth-order valence-electron chi connectivity index (χ4n) is 3.53. The second-order valence-corrected chi connectivity index (χ2v) is 9.36. The number of carbonyl (C=O) groups excluding carboxylic acids is 1. The largest absolute Gasteiger partial charge is 0.497 e. The van der Waals surface area contributed by atoms with Crippen molar-refractivity contribution < 1.29 is 9.53 Å². The number of amides is 2. The quantitative estimate of drug-likeness (QED) is 0.279. The van der Waals surface area contributed by atoms with Gasteiger partial charge in [-0.05, 0) is 61.4 Å². The summed E-state index contributed by atoms with van der Waals surface area (Å²) in [6, 6.07) is 20.8. The van der Waals surface area contributed by atoms with Gasteiger partial charge < -0.3 is 15.4 Å². The number of anilines is 1. The van der Waals surface area contributed by atoms with E-state index in [4.69, 9.17) is 16.3 Å². The number of ether oxygens (including phenoxy) is 1. The third-order valence-corrected chi connectivity index (χ3v) is 6.55. The highest BCUT2D eigenvalue weighted by atomic mass is 35.5. The number of halogens is 1. The van der Waals surface area contributed by atoms with Crippen LogP contribution in [0.2, 0.25) is 5.02 Å². The summed E-state index contributed by atoms with van der Waals surface area (Å²) in [4.78, 5) is 12.5. The molecule has 35 heavy (non-hydrogen) atoms. The topological polar surface area (TPSA) is 81.1 Å². The fourth-order valence-corrected chi connectivity index (χ4v) is 4.61. The van der Waals surface area contributed by atoms with Gasteiger partial charge >= 0.3 is 6.03 Å². The van der Waals surface area contributed by atoms with E-state index in [9.17, 15) is 4.79 Å². The Labute approximate surface area is 213 Å². The Kier molecular flexibility index (Phi) is 7.94. The molecule has 180 valence electrons. The minimum atomic E-state index is -0.346. The van der Waals surface area contributed by atoms with Gasteiger partial charge in [-0.25, -0.2) is 4.79 Å². The van der Waals surface area contributed by atoms with Gasteiger partial charge in [0.05, 0.1) is 19.3 Å². The van der Waals surface area contributed by atoms with E-state index in [1.54, 1.807) is 43.1 Å². The van der Waals surface area contributed by atoms with Crippen molar-refractivity contribution in [3.8, 4) is 11.4 Å². The lowest BCUT2D eigenvalue weighted by atomic mass is 10.2. The van der Waals surface area contributed by atoms with E-state index in [-0.39, 0.29) is 12.6 Å². The molecule has 0 fully saturated rings. The van der Waals surface area contributed by atoms with E-state index in [2.05, 4.69) is 46.0 Å². The second-order valence-electron chi connectivity index (χ2n) is 7.98. The first-order valence-electron chi connectivity index (χ1n) is 11.0. The first kappa shape index (κ1) is 24.6. The average Bonchev–Trinajstić information content (AvgIpc) is 3.26. The van der Waals surface area contributed by atoms with Crippen LogP contribution in [-0.4, -0.2) is 27.9 Å². The summed E-state index contributed by atoms with van der Waals surface area (Å²) in [5.74, 6) is 2.06. The van der Waals surface area contributed by atoms with Crippen molar-refractivity contribution in [2.75, 3.05) is 12.4 Å². The molecule has 2 N–H and O–H groups in total. The Balaban J connectivity index is 1.53. The monoisotopic (exact) mass is 507 g/mol. The lowest BCUT2D eigenvalue weighted by Crippen LogP contribution is -2.29. The maximum atomic E-state index is 12.5. The lowest BCUT2D eigenvalue weighted by Gasteiger charge is -2.14. The number of urea groups is 1. The standard InChI is InChI=1S/C26H26ClN5O2S/c1-17-5-4-6-19(13-17)16-35-26-31-30-24(32(26)23-14-20(27)8-7-18(23)2)15-28-25(33)29-21-9-11-22(34-3)12-10-21/h4-14H,15-16H2,1-3H3,(H2,28,29,33). The molecule has 0 spiro atoms. The van der Waals surface area contributed by atoms with E-state index < -0.39 is 0 Å². The van der Waals surface area contributed by atoms with Crippen LogP contribution >= 0.6 is 23.4 Å². The van der Waals surface area contributed by atoms with Crippen molar-refractivity contribution >= 4 is 35.1 Å². The smallest absolute Gasteiger partial charge is 0.319 e. The SMILES string of the molecule is COc1ccc(NC(=O)NCc2nnc(SCc3cccc(C)c3)n2-c2cc(Cl)ccc2C)cc1. The fraction of sp³-hybridized carbons (Fsp3) is 0.192. The van der Waals surface area contributed by atoms with Gasteiger partial charge in [-0.15, -0.1) is 10.2 Å². The molecule has 0 aliphatic rings. The van der Waals surface area contributed by atoms with Crippen molar-refractivity contribution in [3.05, 3.63) is 94.3 Å². The predicted molar refractivity (Wildman–Crippen MR) is 141 cm³/mol. The molecule has 2 amide bonds.